The van der Waals surface area contributed by atoms with E-state index in [0.29, 0.717) is 0 Å². The van der Waals surface area contributed by atoms with Crippen LogP contribution in [0.5, 0.6) is 0 Å². The van der Waals surface area contributed by atoms with Crippen molar-refractivity contribution in [2.75, 3.05) is 6.54 Å². The maximum atomic E-state index is 10.6. The van der Waals surface area contributed by atoms with Gasteiger partial charge in [0, 0.05) is 13.1 Å². The molecule has 0 radical (unpaired) electrons. The van der Waals surface area contributed by atoms with E-state index in [1.165, 1.54) is 42.4 Å². The van der Waals surface area contributed by atoms with Crippen LogP contribution >= 0.6 is 0 Å². The maximum Gasteiger partial charge on any atom is 0.0771 e. The van der Waals surface area contributed by atoms with Gasteiger partial charge in [0.1, 0.15) is 0 Å². The van der Waals surface area contributed by atoms with E-state index < -0.39 is 5.60 Å². The summed E-state index contributed by atoms with van der Waals surface area (Å²) in [7, 11) is 0. The van der Waals surface area contributed by atoms with Crippen molar-refractivity contribution in [1.29, 1.82) is 0 Å². The molecule has 0 spiro atoms. The van der Waals surface area contributed by atoms with Crippen molar-refractivity contribution in [3.8, 4) is 0 Å². The molecule has 0 atom stereocenters. The van der Waals surface area contributed by atoms with E-state index in [0.717, 1.165) is 25.9 Å². The van der Waals surface area contributed by atoms with Gasteiger partial charge < -0.3 is 10.4 Å². The highest BCUT2D eigenvalue weighted by atomic mass is 16.3. The number of hydrogen-bond acceptors (Lipinski definition) is 2. The molecular weight excluding hydrogens is 234 g/mol. The molecule has 1 aromatic carbocycles. The van der Waals surface area contributed by atoms with Gasteiger partial charge in [-0.1, -0.05) is 55.0 Å². The van der Waals surface area contributed by atoms with Crippen molar-refractivity contribution >= 4 is 0 Å². The molecule has 1 aliphatic carbocycles. The van der Waals surface area contributed by atoms with E-state index in [9.17, 15) is 5.11 Å². The molecule has 0 bridgehead atoms. The maximum absolute atomic E-state index is 10.6. The zero-order valence-electron chi connectivity index (χ0n) is 12.3. The van der Waals surface area contributed by atoms with Gasteiger partial charge >= 0.3 is 0 Å². The second kappa shape index (κ2) is 6.53. The molecule has 2 nitrogen and oxygen atoms in total. The number of hydrogen-bond donors (Lipinski definition) is 2. The van der Waals surface area contributed by atoms with E-state index >= 15 is 0 Å². The Labute approximate surface area is 117 Å². The fraction of sp³-hybridized carbons (Fsp3) is 0.647. The molecule has 106 valence electrons. The largest absolute Gasteiger partial charge is 0.389 e. The molecule has 0 unspecified atom stereocenters. The highest BCUT2D eigenvalue weighted by molar-refractivity contribution is 5.28. The third-order valence-corrected chi connectivity index (χ3v) is 4.10. The quantitative estimate of drug-likeness (QED) is 0.813. The summed E-state index contributed by atoms with van der Waals surface area (Å²) in [6, 6.07) is 6.64. The average Bonchev–Trinajstić information content (AvgIpc) is 2.53. The molecule has 1 saturated carbocycles. The molecule has 0 amide bonds. The first kappa shape index (κ1) is 14.5. The predicted octanol–water partition coefficient (Wildman–Crippen LogP) is 3.48. The SMILES string of the molecule is Cc1cc(C)cc(CNCC2(O)CCCCCC2)c1. The second-order valence-corrected chi connectivity index (χ2v) is 6.24. The van der Waals surface area contributed by atoms with Crippen molar-refractivity contribution in [3.63, 3.8) is 0 Å². The van der Waals surface area contributed by atoms with Crippen LogP contribution in [0.15, 0.2) is 18.2 Å². The minimum absolute atomic E-state index is 0.477. The van der Waals surface area contributed by atoms with Gasteiger partial charge in [0.2, 0.25) is 0 Å². The second-order valence-electron chi connectivity index (χ2n) is 6.24. The van der Waals surface area contributed by atoms with Crippen molar-refractivity contribution in [3.05, 3.63) is 34.9 Å². The van der Waals surface area contributed by atoms with Crippen LogP contribution in [0.25, 0.3) is 0 Å². The summed E-state index contributed by atoms with van der Waals surface area (Å²) in [5, 5.41) is 14.0. The molecule has 0 heterocycles. The Kier molecular flexibility index (Phi) is 5.00. The number of rotatable bonds is 4. The van der Waals surface area contributed by atoms with Gasteiger partial charge in [-0.25, -0.2) is 0 Å². The van der Waals surface area contributed by atoms with E-state index in [2.05, 4.69) is 37.4 Å². The standard InChI is InChI=1S/C17H27NO/c1-14-9-15(2)11-16(10-14)12-18-13-17(19)7-5-3-4-6-8-17/h9-11,18-19H,3-8,12-13H2,1-2H3. The average molecular weight is 261 g/mol. The number of benzene rings is 1. The summed E-state index contributed by atoms with van der Waals surface area (Å²) in [6.07, 6.45) is 6.79. The molecule has 2 rings (SSSR count). The monoisotopic (exact) mass is 261 g/mol. The lowest BCUT2D eigenvalue weighted by Crippen LogP contribution is -2.39. The van der Waals surface area contributed by atoms with Gasteiger partial charge in [-0.3, -0.25) is 0 Å². The van der Waals surface area contributed by atoms with Crippen LogP contribution in [-0.4, -0.2) is 17.3 Å². The first-order valence-corrected chi connectivity index (χ1v) is 7.58. The molecule has 19 heavy (non-hydrogen) atoms. The summed E-state index contributed by atoms with van der Waals surface area (Å²) >= 11 is 0. The molecule has 1 fully saturated rings. The Morgan fingerprint density at radius 3 is 2.16 bits per heavy atom. The molecule has 2 N–H and O–H groups in total. The third kappa shape index (κ3) is 4.63. The Morgan fingerprint density at radius 2 is 1.58 bits per heavy atom. The Morgan fingerprint density at radius 1 is 1.00 bits per heavy atom. The van der Waals surface area contributed by atoms with E-state index in [1.807, 2.05) is 0 Å². The summed E-state index contributed by atoms with van der Waals surface area (Å²) in [6.45, 7) is 5.84. The highest BCUT2D eigenvalue weighted by Gasteiger charge is 2.27. The zero-order valence-corrected chi connectivity index (χ0v) is 12.3. The van der Waals surface area contributed by atoms with Crippen LogP contribution < -0.4 is 5.32 Å². The molecular formula is C17H27NO. The lowest BCUT2D eigenvalue weighted by molar-refractivity contribution is 0.0250. The Bertz CT molecular complexity index is 385. The highest BCUT2D eigenvalue weighted by Crippen LogP contribution is 2.26. The minimum atomic E-state index is -0.477. The van der Waals surface area contributed by atoms with E-state index in [1.54, 1.807) is 0 Å². The first-order valence-electron chi connectivity index (χ1n) is 7.58. The molecule has 0 aliphatic heterocycles. The van der Waals surface area contributed by atoms with Crippen molar-refractivity contribution in [2.24, 2.45) is 0 Å². The lowest BCUT2D eigenvalue weighted by atomic mass is 9.94. The first-order chi connectivity index (χ1) is 9.07. The Hall–Kier alpha value is -0.860. The molecule has 2 heteroatoms. The summed E-state index contributed by atoms with van der Waals surface area (Å²) < 4.78 is 0. The summed E-state index contributed by atoms with van der Waals surface area (Å²) in [4.78, 5) is 0. The van der Waals surface area contributed by atoms with Crippen LogP contribution in [0.2, 0.25) is 0 Å². The predicted molar refractivity (Wildman–Crippen MR) is 80.3 cm³/mol. The fourth-order valence-corrected chi connectivity index (χ4v) is 3.17. The van der Waals surface area contributed by atoms with Gasteiger partial charge in [0.15, 0.2) is 0 Å². The normalized spacial score (nSPS) is 19.1. The van der Waals surface area contributed by atoms with Crippen LogP contribution in [-0.2, 0) is 6.54 Å². The van der Waals surface area contributed by atoms with E-state index in [-0.39, 0.29) is 0 Å². The fourth-order valence-electron chi connectivity index (χ4n) is 3.17. The molecule has 0 saturated heterocycles. The van der Waals surface area contributed by atoms with Crippen molar-refractivity contribution in [2.45, 2.75) is 64.5 Å². The number of aryl methyl sites for hydroxylation is 2. The summed E-state index contributed by atoms with van der Waals surface area (Å²) in [5.74, 6) is 0. The topological polar surface area (TPSA) is 32.3 Å². The molecule has 0 aromatic heterocycles. The number of aliphatic hydroxyl groups is 1. The van der Waals surface area contributed by atoms with Crippen LogP contribution in [0, 0.1) is 13.8 Å². The Balaban J connectivity index is 1.85. The van der Waals surface area contributed by atoms with Crippen LogP contribution in [0.3, 0.4) is 0 Å². The van der Waals surface area contributed by atoms with Crippen molar-refractivity contribution < 1.29 is 5.11 Å². The third-order valence-electron chi connectivity index (χ3n) is 4.10. The van der Waals surface area contributed by atoms with Gasteiger partial charge in [0.25, 0.3) is 0 Å². The van der Waals surface area contributed by atoms with Crippen LogP contribution in [0.1, 0.15) is 55.2 Å². The minimum Gasteiger partial charge on any atom is -0.389 e. The smallest absolute Gasteiger partial charge is 0.0771 e. The number of nitrogens with one attached hydrogen (secondary N) is 1. The van der Waals surface area contributed by atoms with Gasteiger partial charge in [-0.15, -0.1) is 0 Å². The molecule has 1 aromatic rings. The molecule has 1 aliphatic rings. The van der Waals surface area contributed by atoms with Gasteiger partial charge in [0.05, 0.1) is 5.60 Å². The summed E-state index contributed by atoms with van der Waals surface area (Å²) in [5.41, 5.74) is 3.46. The van der Waals surface area contributed by atoms with Crippen molar-refractivity contribution in [1.82, 2.24) is 5.32 Å². The van der Waals surface area contributed by atoms with Gasteiger partial charge in [-0.2, -0.15) is 0 Å². The van der Waals surface area contributed by atoms with Crippen LogP contribution in [0.4, 0.5) is 0 Å². The van der Waals surface area contributed by atoms with Gasteiger partial charge in [-0.05, 0) is 32.3 Å². The zero-order chi connectivity index (χ0) is 13.7. The van der Waals surface area contributed by atoms with E-state index in [4.69, 9.17) is 0 Å². The lowest BCUT2D eigenvalue weighted by Gasteiger charge is -2.27.